The van der Waals surface area contributed by atoms with E-state index in [1.807, 2.05) is 0 Å². The van der Waals surface area contributed by atoms with Crippen LogP contribution in [0.3, 0.4) is 0 Å². The smallest absolute Gasteiger partial charge is 0.260 e. The van der Waals surface area contributed by atoms with Crippen LogP contribution in [0.1, 0.15) is 21.5 Å². The highest BCUT2D eigenvalue weighted by Gasteiger charge is 2.20. The lowest BCUT2D eigenvalue weighted by Gasteiger charge is -2.12. The molecule has 140 valence electrons. The molecule has 1 aromatic heterocycles. The molecular weight excluding hydrogens is 383 g/mol. The highest BCUT2D eigenvalue weighted by molar-refractivity contribution is 6.34. The van der Waals surface area contributed by atoms with Crippen LogP contribution >= 0.6 is 11.6 Å². The number of nitrogens with zero attached hydrogens (tertiary/aromatic N) is 3. The summed E-state index contributed by atoms with van der Waals surface area (Å²) in [4.78, 5) is 12.5. The Hall–Kier alpha value is -3.70. The van der Waals surface area contributed by atoms with Crippen molar-refractivity contribution in [2.24, 2.45) is 7.05 Å². The Morgan fingerprint density at radius 2 is 2.14 bits per heavy atom. The molecule has 0 unspecified atom stereocenters. The Morgan fingerprint density at radius 3 is 2.79 bits per heavy atom. The second-order valence-corrected chi connectivity index (χ2v) is 6.23. The van der Waals surface area contributed by atoms with Gasteiger partial charge in [-0.1, -0.05) is 11.6 Å². The number of anilines is 3. The lowest BCUT2D eigenvalue weighted by atomic mass is 10.1. The van der Waals surface area contributed by atoms with Crippen LogP contribution in [0, 0.1) is 22.6 Å². The fourth-order valence-electron chi connectivity index (χ4n) is 2.55. The van der Waals surface area contributed by atoms with Crippen molar-refractivity contribution in [1.29, 1.82) is 10.7 Å². The number of aryl methyl sites for hydroxylation is 1. The summed E-state index contributed by atoms with van der Waals surface area (Å²) >= 11 is 5.95. The second-order valence-electron chi connectivity index (χ2n) is 5.82. The molecule has 7 nitrogen and oxygen atoms in total. The molecule has 3 rings (SSSR count). The minimum atomic E-state index is -0.975. The number of nitrogens with one attached hydrogen (secondary N) is 3. The summed E-state index contributed by atoms with van der Waals surface area (Å²) in [7, 11) is 1.77. The van der Waals surface area contributed by atoms with Crippen LogP contribution in [0.2, 0.25) is 5.02 Å². The van der Waals surface area contributed by atoms with Crippen molar-refractivity contribution in [3.05, 3.63) is 70.3 Å². The standard InChI is InChI=1S/C19H14ClFN6O/c1-27-10-14(9-24-27)25-16-6-13(4-2-11(16)7-22)26-19(28)17-15(20)5-3-12(8-23)18(17)21/h2-7,9-10,22,25H,1H3,(H,26,28). The normalized spacial score (nSPS) is 10.2. The molecule has 0 aliphatic heterocycles. The van der Waals surface area contributed by atoms with Gasteiger partial charge in [-0.3, -0.25) is 9.48 Å². The lowest BCUT2D eigenvalue weighted by Crippen LogP contribution is -2.15. The first-order valence-corrected chi connectivity index (χ1v) is 8.40. The number of halogens is 2. The molecule has 3 N–H and O–H groups in total. The van der Waals surface area contributed by atoms with Gasteiger partial charge in [0.25, 0.3) is 5.91 Å². The van der Waals surface area contributed by atoms with Gasteiger partial charge in [0.1, 0.15) is 6.07 Å². The number of hydrogen-bond acceptors (Lipinski definition) is 5. The van der Waals surface area contributed by atoms with Gasteiger partial charge >= 0.3 is 0 Å². The first-order chi connectivity index (χ1) is 13.4. The lowest BCUT2D eigenvalue weighted by molar-refractivity contribution is 0.102. The molecule has 3 aromatic rings. The van der Waals surface area contributed by atoms with Crippen LogP contribution < -0.4 is 10.6 Å². The van der Waals surface area contributed by atoms with Crippen molar-refractivity contribution in [2.45, 2.75) is 0 Å². The van der Waals surface area contributed by atoms with Crippen LogP contribution in [0.15, 0.2) is 42.7 Å². The van der Waals surface area contributed by atoms with Crippen LogP contribution in [0.25, 0.3) is 0 Å². The molecular formula is C19H14ClFN6O. The SMILES string of the molecule is Cn1cc(Nc2cc(NC(=O)c3c(Cl)ccc(C#N)c3F)ccc2C=N)cn1. The Morgan fingerprint density at radius 1 is 1.36 bits per heavy atom. The summed E-state index contributed by atoms with van der Waals surface area (Å²) < 4.78 is 16.0. The molecule has 2 aromatic carbocycles. The molecule has 1 amide bonds. The zero-order chi connectivity index (χ0) is 20.3. The second kappa shape index (κ2) is 7.90. The quantitative estimate of drug-likeness (QED) is 0.565. The number of hydrogen-bond donors (Lipinski definition) is 3. The number of aromatic nitrogens is 2. The maximum Gasteiger partial charge on any atom is 0.260 e. The van der Waals surface area contributed by atoms with Gasteiger partial charge in [-0.2, -0.15) is 10.4 Å². The molecule has 0 bridgehead atoms. The van der Waals surface area contributed by atoms with E-state index in [1.165, 1.54) is 12.1 Å². The maximum absolute atomic E-state index is 14.4. The number of rotatable bonds is 5. The summed E-state index contributed by atoms with van der Waals surface area (Å²) in [5.41, 5.74) is 1.52. The molecule has 0 aliphatic carbocycles. The monoisotopic (exact) mass is 396 g/mol. The molecule has 0 fully saturated rings. The Balaban J connectivity index is 1.91. The van der Waals surface area contributed by atoms with Gasteiger partial charge in [-0.25, -0.2) is 4.39 Å². The minimum absolute atomic E-state index is 0.0983. The van der Waals surface area contributed by atoms with Crippen molar-refractivity contribution >= 4 is 40.8 Å². The first-order valence-electron chi connectivity index (χ1n) is 8.02. The maximum atomic E-state index is 14.4. The number of carbonyl (C=O) groups excluding carboxylic acids is 1. The van der Waals surface area contributed by atoms with Gasteiger partial charge in [-0.15, -0.1) is 0 Å². The Kier molecular flexibility index (Phi) is 5.38. The molecule has 0 saturated heterocycles. The highest BCUT2D eigenvalue weighted by Crippen LogP contribution is 2.26. The van der Waals surface area contributed by atoms with E-state index in [0.717, 1.165) is 6.21 Å². The Labute approximate surface area is 164 Å². The van der Waals surface area contributed by atoms with Crippen molar-refractivity contribution in [3.63, 3.8) is 0 Å². The van der Waals surface area contributed by atoms with E-state index in [0.29, 0.717) is 22.6 Å². The van der Waals surface area contributed by atoms with Gasteiger partial charge in [0.05, 0.1) is 28.0 Å². The van der Waals surface area contributed by atoms with E-state index >= 15 is 0 Å². The third-order valence-corrected chi connectivity index (χ3v) is 4.20. The minimum Gasteiger partial charge on any atom is -0.352 e. The predicted molar refractivity (Wildman–Crippen MR) is 105 cm³/mol. The van der Waals surface area contributed by atoms with Gasteiger partial charge in [0, 0.05) is 36.4 Å². The number of carbonyl (C=O) groups is 1. The van der Waals surface area contributed by atoms with Gasteiger partial charge in [0.15, 0.2) is 5.82 Å². The molecule has 1 heterocycles. The molecule has 0 saturated carbocycles. The molecule has 9 heteroatoms. The summed E-state index contributed by atoms with van der Waals surface area (Å²) in [5.74, 6) is -1.76. The number of amides is 1. The molecule has 0 spiro atoms. The van der Waals surface area contributed by atoms with Crippen molar-refractivity contribution in [1.82, 2.24) is 9.78 Å². The van der Waals surface area contributed by atoms with E-state index in [9.17, 15) is 9.18 Å². The van der Waals surface area contributed by atoms with Crippen molar-refractivity contribution < 1.29 is 9.18 Å². The Bertz CT molecular complexity index is 1120. The van der Waals surface area contributed by atoms with E-state index in [-0.39, 0.29) is 10.6 Å². The predicted octanol–water partition coefficient (Wildman–Crippen LogP) is 4.08. The van der Waals surface area contributed by atoms with Gasteiger partial charge in [-0.05, 0) is 30.3 Å². The van der Waals surface area contributed by atoms with Gasteiger partial charge in [0.2, 0.25) is 0 Å². The van der Waals surface area contributed by atoms with E-state index in [2.05, 4.69) is 15.7 Å². The zero-order valence-electron chi connectivity index (χ0n) is 14.6. The van der Waals surface area contributed by atoms with Crippen LogP contribution in [0.5, 0.6) is 0 Å². The third-order valence-electron chi connectivity index (χ3n) is 3.89. The summed E-state index contributed by atoms with van der Waals surface area (Å²) in [6.45, 7) is 0. The molecule has 28 heavy (non-hydrogen) atoms. The fourth-order valence-corrected chi connectivity index (χ4v) is 2.78. The van der Waals surface area contributed by atoms with Gasteiger partial charge < -0.3 is 16.0 Å². The van der Waals surface area contributed by atoms with E-state index in [4.69, 9.17) is 22.3 Å². The van der Waals surface area contributed by atoms with Crippen LogP contribution in [-0.2, 0) is 7.05 Å². The zero-order valence-corrected chi connectivity index (χ0v) is 15.4. The molecule has 0 atom stereocenters. The summed E-state index contributed by atoms with van der Waals surface area (Å²) in [5, 5.41) is 26.1. The van der Waals surface area contributed by atoms with Crippen LogP contribution in [0.4, 0.5) is 21.5 Å². The summed E-state index contributed by atoms with van der Waals surface area (Å²) in [6.07, 6.45) is 4.53. The van der Waals surface area contributed by atoms with E-state index in [1.54, 1.807) is 48.4 Å². The highest BCUT2D eigenvalue weighted by atomic mass is 35.5. The topological polar surface area (TPSA) is 107 Å². The largest absolute Gasteiger partial charge is 0.352 e. The number of nitriles is 1. The average Bonchev–Trinajstić information content (AvgIpc) is 3.07. The number of benzene rings is 2. The third kappa shape index (κ3) is 3.84. The van der Waals surface area contributed by atoms with Crippen LogP contribution in [-0.4, -0.2) is 21.9 Å². The molecule has 0 aliphatic rings. The van der Waals surface area contributed by atoms with Crippen molar-refractivity contribution in [2.75, 3.05) is 10.6 Å². The van der Waals surface area contributed by atoms with E-state index < -0.39 is 17.3 Å². The summed E-state index contributed by atoms with van der Waals surface area (Å²) in [6, 6.07) is 9.00. The van der Waals surface area contributed by atoms with Crippen molar-refractivity contribution in [3.8, 4) is 6.07 Å². The fraction of sp³-hybridized carbons (Fsp3) is 0.0526. The first kappa shape index (κ1) is 19.1. The molecule has 0 radical (unpaired) electrons. The average molecular weight is 397 g/mol.